The second kappa shape index (κ2) is 4.25. The van der Waals surface area contributed by atoms with Crippen molar-refractivity contribution in [2.24, 2.45) is 11.7 Å². The van der Waals surface area contributed by atoms with E-state index in [1.54, 1.807) is 0 Å². The lowest BCUT2D eigenvalue weighted by atomic mass is 9.94. The van der Waals surface area contributed by atoms with Gasteiger partial charge in [-0.25, -0.2) is 0 Å². The zero-order valence-corrected chi connectivity index (χ0v) is 8.28. The first-order valence-electron chi connectivity index (χ1n) is 5.47. The monoisotopic (exact) mass is 180 g/mol. The minimum Gasteiger partial charge on any atom is -0.326 e. The molecule has 0 radical (unpaired) electrons. The highest BCUT2D eigenvalue weighted by molar-refractivity contribution is 4.91. The second-order valence-electron chi connectivity index (χ2n) is 4.46. The van der Waals surface area contributed by atoms with Gasteiger partial charge in [-0.1, -0.05) is 12.2 Å². The molecule has 2 N–H and O–H groups in total. The van der Waals surface area contributed by atoms with Crippen molar-refractivity contribution in [2.45, 2.75) is 31.7 Å². The van der Waals surface area contributed by atoms with Crippen LogP contribution in [0.25, 0.3) is 0 Å². The first kappa shape index (κ1) is 9.22. The van der Waals surface area contributed by atoms with Gasteiger partial charge in [0.15, 0.2) is 0 Å². The van der Waals surface area contributed by atoms with E-state index in [-0.39, 0.29) is 0 Å². The van der Waals surface area contributed by atoms with Crippen LogP contribution >= 0.6 is 0 Å². The zero-order chi connectivity index (χ0) is 9.10. The highest BCUT2D eigenvalue weighted by Crippen LogP contribution is 2.20. The van der Waals surface area contributed by atoms with Crippen LogP contribution in [0.2, 0.25) is 0 Å². The summed E-state index contributed by atoms with van der Waals surface area (Å²) in [7, 11) is 0. The lowest BCUT2D eigenvalue weighted by Crippen LogP contribution is -2.31. The van der Waals surface area contributed by atoms with E-state index in [1.165, 1.54) is 38.8 Å². The fourth-order valence-electron chi connectivity index (χ4n) is 2.42. The molecule has 0 aromatic rings. The minimum atomic E-state index is 0.444. The van der Waals surface area contributed by atoms with Crippen LogP contribution in [0.5, 0.6) is 0 Å². The molecule has 1 saturated heterocycles. The standard InChI is InChI=1S/C11H20N2/c12-11-6-7-13(9-11)8-10-4-2-1-3-5-10/h1-2,10-11H,3-9,12H2. The van der Waals surface area contributed by atoms with Gasteiger partial charge in [-0.3, -0.25) is 0 Å². The van der Waals surface area contributed by atoms with Crippen LogP contribution in [0.15, 0.2) is 12.2 Å². The molecule has 2 rings (SSSR count). The molecule has 13 heavy (non-hydrogen) atoms. The van der Waals surface area contributed by atoms with E-state index in [0.717, 1.165) is 12.5 Å². The van der Waals surface area contributed by atoms with Gasteiger partial charge in [0.1, 0.15) is 0 Å². The highest BCUT2D eigenvalue weighted by Gasteiger charge is 2.21. The molecular formula is C11H20N2. The summed E-state index contributed by atoms with van der Waals surface area (Å²) in [5.74, 6) is 0.898. The van der Waals surface area contributed by atoms with Crippen molar-refractivity contribution in [2.75, 3.05) is 19.6 Å². The summed E-state index contributed by atoms with van der Waals surface area (Å²) in [5.41, 5.74) is 5.87. The van der Waals surface area contributed by atoms with Gasteiger partial charge in [0, 0.05) is 19.1 Å². The molecule has 2 nitrogen and oxygen atoms in total. The van der Waals surface area contributed by atoms with Crippen LogP contribution in [-0.4, -0.2) is 30.6 Å². The van der Waals surface area contributed by atoms with Gasteiger partial charge in [0.05, 0.1) is 0 Å². The van der Waals surface area contributed by atoms with Crippen LogP contribution in [0, 0.1) is 5.92 Å². The van der Waals surface area contributed by atoms with E-state index < -0.39 is 0 Å². The molecular weight excluding hydrogens is 160 g/mol. The van der Waals surface area contributed by atoms with Gasteiger partial charge < -0.3 is 10.6 Å². The van der Waals surface area contributed by atoms with Crippen molar-refractivity contribution in [3.8, 4) is 0 Å². The summed E-state index contributed by atoms with van der Waals surface area (Å²) < 4.78 is 0. The normalized spacial score (nSPS) is 35.5. The summed E-state index contributed by atoms with van der Waals surface area (Å²) >= 11 is 0. The molecule has 1 fully saturated rings. The third-order valence-corrected chi connectivity index (χ3v) is 3.20. The predicted octanol–water partition coefficient (Wildman–Crippen LogP) is 1.38. The zero-order valence-electron chi connectivity index (χ0n) is 8.28. The average molecular weight is 180 g/mol. The van der Waals surface area contributed by atoms with Crippen molar-refractivity contribution < 1.29 is 0 Å². The molecule has 0 saturated carbocycles. The predicted molar refractivity (Wildman–Crippen MR) is 55.5 cm³/mol. The SMILES string of the molecule is NC1CCN(CC2CC=CCC2)C1. The van der Waals surface area contributed by atoms with Crippen LogP contribution in [0.4, 0.5) is 0 Å². The van der Waals surface area contributed by atoms with Crippen molar-refractivity contribution in [3.63, 3.8) is 0 Å². The highest BCUT2D eigenvalue weighted by atomic mass is 15.2. The van der Waals surface area contributed by atoms with E-state index in [1.807, 2.05) is 0 Å². The third kappa shape index (κ3) is 2.55. The second-order valence-corrected chi connectivity index (χ2v) is 4.46. The van der Waals surface area contributed by atoms with Crippen LogP contribution < -0.4 is 5.73 Å². The first-order valence-corrected chi connectivity index (χ1v) is 5.47. The molecule has 1 aliphatic carbocycles. The fourth-order valence-corrected chi connectivity index (χ4v) is 2.42. The van der Waals surface area contributed by atoms with Crippen LogP contribution in [-0.2, 0) is 0 Å². The topological polar surface area (TPSA) is 29.3 Å². The van der Waals surface area contributed by atoms with Gasteiger partial charge in [-0.05, 0) is 38.1 Å². The Bertz CT molecular complexity index is 189. The van der Waals surface area contributed by atoms with Crippen LogP contribution in [0.1, 0.15) is 25.7 Å². The Morgan fingerprint density at radius 3 is 2.85 bits per heavy atom. The molecule has 74 valence electrons. The number of likely N-dealkylation sites (tertiary alicyclic amines) is 1. The van der Waals surface area contributed by atoms with Crippen molar-refractivity contribution in [1.29, 1.82) is 0 Å². The molecule has 0 spiro atoms. The van der Waals surface area contributed by atoms with E-state index in [0.29, 0.717) is 6.04 Å². The number of rotatable bonds is 2. The maximum absolute atomic E-state index is 5.87. The maximum atomic E-state index is 5.87. The summed E-state index contributed by atoms with van der Waals surface area (Å²) in [5, 5.41) is 0. The van der Waals surface area contributed by atoms with Gasteiger partial charge in [-0.2, -0.15) is 0 Å². The van der Waals surface area contributed by atoms with Gasteiger partial charge in [0.25, 0.3) is 0 Å². The third-order valence-electron chi connectivity index (χ3n) is 3.20. The quantitative estimate of drug-likeness (QED) is 0.650. The lowest BCUT2D eigenvalue weighted by Gasteiger charge is -2.24. The van der Waals surface area contributed by atoms with Gasteiger partial charge in [-0.15, -0.1) is 0 Å². The molecule has 2 heteroatoms. The number of hydrogen-bond acceptors (Lipinski definition) is 2. The van der Waals surface area contributed by atoms with Gasteiger partial charge in [0.2, 0.25) is 0 Å². The van der Waals surface area contributed by atoms with Gasteiger partial charge >= 0.3 is 0 Å². The Balaban J connectivity index is 1.74. The van der Waals surface area contributed by atoms with E-state index in [9.17, 15) is 0 Å². The van der Waals surface area contributed by atoms with E-state index in [2.05, 4.69) is 17.1 Å². The largest absolute Gasteiger partial charge is 0.326 e. The van der Waals surface area contributed by atoms with Crippen LogP contribution in [0.3, 0.4) is 0 Å². The molecule has 2 aliphatic rings. The molecule has 0 bridgehead atoms. The van der Waals surface area contributed by atoms with Crippen molar-refractivity contribution in [3.05, 3.63) is 12.2 Å². The first-order chi connectivity index (χ1) is 6.34. The smallest absolute Gasteiger partial charge is 0.0180 e. The lowest BCUT2D eigenvalue weighted by molar-refractivity contribution is 0.264. The molecule has 0 amide bonds. The molecule has 0 aromatic carbocycles. The number of hydrogen-bond donors (Lipinski definition) is 1. The Labute approximate surface area is 80.8 Å². The summed E-state index contributed by atoms with van der Waals surface area (Å²) in [6, 6.07) is 0.444. The Morgan fingerprint density at radius 2 is 2.23 bits per heavy atom. The number of allylic oxidation sites excluding steroid dienone is 2. The number of nitrogens with zero attached hydrogens (tertiary/aromatic N) is 1. The molecule has 2 atom stereocenters. The molecule has 1 aliphatic heterocycles. The summed E-state index contributed by atoms with van der Waals surface area (Å²) in [6.45, 7) is 3.62. The molecule has 1 heterocycles. The Hall–Kier alpha value is -0.340. The van der Waals surface area contributed by atoms with Crippen molar-refractivity contribution in [1.82, 2.24) is 4.90 Å². The van der Waals surface area contributed by atoms with Crippen molar-refractivity contribution >= 4 is 0 Å². The fraction of sp³-hybridized carbons (Fsp3) is 0.818. The summed E-state index contributed by atoms with van der Waals surface area (Å²) in [6.07, 6.45) is 9.79. The van der Waals surface area contributed by atoms with E-state index in [4.69, 9.17) is 5.73 Å². The Kier molecular flexibility index (Phi) is 3.01. The number of nitrogens with two attached hydrogens (primary N) is 1. The average Bonchev–Trinajstić information content (AvgIpc) is 2.53. The minimum absolute atomic E-state index is 0.444. The molecule has 0 aromatic heterocycles. The summed E-state index contributed by atoms with van der Waals surface area (Å²) in [4.78, 5) is 2.54. The Morgan fingerprint density at radius 1 is 1.31 bits per heavy atom. The maximum Gasteiger partial charge on any atom is 0.0180 e. The van der Waals surface area contributed by atoms with E-state index >= 15 is 0 Å². The molecule has 2 unspecified atom stereocenters.